The fourth-order valence-electron chi connectivity index (χ4n) is 1.89. The van der Waals surface area contributed by atoms with Crippen molar-refractivity contribution < 1.29 is 9.59 Å². The zero-order chi connectivity index (χ0) is 12.4. The Bertz CT molecular complexity index is 199. The molecule has 0 saturated heterocycles. The van der Waals surface area contributed by atoms with E-state index in [1.165, 1.54) is 19.3 Å². The molecule has 0 saturated carbocycles. The fraction of sp³-hybridized carbons (Fsp3) is 0.857. The van der Waals surface area contributed by atoms with Crippen LogP contribution in [0.1, 0.15) is 65.7 Å². The number of aldehydes is 1. The number of ketones is 1. The highest BCUT2D eigenvalue weighted by Gasteiger charge is 2.15. The normalized spacial score (nSPS) is 14.4. The second kappa shape index (κ2) is 9.56. The van der Waals surface area contributed by atoms with Crippen molar-refractivity contribution in [2.24, 2.45) is 11.8 Å². The van der Waals surface area contributed by atoms with Gasteiger partial charge in [-0.2, -0.15) is 0 Å². The standard InChI is InChI=1S/C14H26O2/c1-4-5-6-7-8-9-14(16)13(3)10-12(2)11-15/h11-13H,4-10H2,1-3H3. The van der Waals surface area contributed by atoms with E-state index < -0.39 is 0 Å². The summed E-state index contributed by atoms with van der Waals surface area (Å²) in [4.78, 5) is 22.2. The first kappa shape index (κ1) is 15.3. The molecule has 0 aliphatic heterocycles. The van der Waals surface area contributed by atoms with Crippen molar-refractivity contribution in [3.8, 4) is 0 Å². The van der Waals surface area contributed by atoms with E-state index in [0.717, 1.165) is 19.1 Å². The van der Waals surface area contributed by atoms with Gasteiger partial charge >= 0.3 is 0 Å². The van der Waals surface area contributed by atoms with Gasteiger partial charge in [0.1, 0.15) is 12.1 Å². The van der Waals surface area contributed by atoms with E-state index >= 15 is 0 Å². The summed E-state index contributed by atoms with van der Waals surface area (Å²) in [5.74, 6) is 0.385. The van der Waals surface area contributed by atoms with E-state index in [-0.39, 0.29) is 11.8 Å². The molecule has 0 fully saturated rings. The van der Waals surface area contributed by atoms with Crippen molar-refractivity contribution in [1.29, 1.82) is 0 Å². The molecule has 0 radical (unpaired) electrons. The lowest BCUT2D eigenvalue weighted by molar-refractivity contribution is -0.123. The number of carbonyl (C=O) groups is 2. The average Bonchev–Trinajstić information content (AvgIpc) is 2.28. The quantitative estimate of drug-likeness (QED) is 0.419. The Hall–Kier alpha value is -0.660. The van der Waals surface area contributed by atoms with E-state index in [4.69, 9.17) is 0 Å². The molecular weight excluding hydrogens is 200 g/mol. The number of Topliss-reactive ketones (excluding diaryl/α,β-unsaturated/α-hetero) is 1. The summed E-state index contributed by atoms with van der Waals surface area (Å²) >= 11 is 0. The van der Waals surface area contributed by atoms with E-state index in [1.54, 1.807) is 0 Å². The van der Waals surface area contributed by atoms with E-state index in [2.05, 4.69) is 6.92 Å². The summed E-state index contributed by atoms with van der Waals surface area (Å²) in [6, 6.07) is 0. The minimum absolute atomic E-state index is 0.0130. The van der Waals surface area contributed by atoms with Gasteiger partial charge in [0.2, 0.25) is 0 Å². The zero-order valence-electron chi connectivity index (χ0n) is 11.0. The molecule has 0 N–H and O–H groups in total. The van der Waals surface area contributed by atoms with Gasteiger partial charge in [-0.25, -0.2) is 0 Å². The van der Waals surface area contributed by atoms with Crippen molar-refractivity contribution in [2.45, 2.75) is 65.7 Å². The van der Waals surface area contributed by atoms with Gasteiger partial charge in [0.15, 0.2) is 0 Å². The average molecular weight is 226 g/mol. The number of unbranched alkanes of at least 4 members (excludes halogenated alkanes) is 4. The number of hydrogen-bond donors (Lipinski definition) is 0. The van der Waals surface area contributed by atoms with E-state index in [0.29, 0.717) is 18.6 Å². The maximum atomic E-state index is 11.7. The minimum atomic E-state index is 0.0130. The Morgan fingerprint density at radius 3 is 2.31 bits per heavy atom. The molecule has 2 unspecified atom stereocenters. The third kappa shape index (κ3) is 7.61. The van der Waals surface area contributed by atoms with Crippen molar-refractivity contribution >= 4 is 12.1 Å². The Kier molecular flexibility index (Phi) is 9.16. The molecule has 0 spiro atoms. The van der Waals surface area contributed by atoms with Gasteiger partial charge in [-0.15, -0.1) is 0 Å². The molecule has 94 valence electrons. The molecule has 2 atom stereocenters. The summed E-state index contributed by atoms with van der Waals surface area (Å²) in [7, 11) is 0. The third-order valence-corrected chi connectivity index (χ3v) is 3.03. The largest absolute Gasteiger partial charge is 0.303 e. The van der Waals surface area contributed by atoms with Gasteiger partial charge in [-0.3, -0.25) is 4.79 Å². The minimum Gasteiger partial charge on any atom is -0.303 e. The van der Waals surface area contributed by atoms with Crippen molar-refractivity contribution in [1.82, 2.24) is 0 Å². The topological polar surface area (TPSA) is 34.1 Å². The van der Waals surface area contributed by atoms with Crippen LogP contribution >= 0.6 is 0 Å². The van der Waals surface area contributed by atoms with Crippen molar-refractivity contribution in [2.75, 3.05) is 0 Å². The summed E-state index contributed by atoms with van der Waals surface area (Å²) < 4.78 is 0. The molecule has 0 heterocycles. The van der Waals surface area contributed by atoms with E-state index in [9.17, 15) is 9.59 Å². The van der Waals surface area contributed by atoms with Crippen LogP contribution in [0.5, 0.6) is 0 Å². The first-order chi connectivity index (χ1) is 7.61. The van der Waals surface area contributed by atoms with Gasteiger partial charge in [0, 0.05) is 18.3 Å². The lowest BCUT2D eigenvalue weighted by Crippen LogP contribution is -2.14. The first-order valence-corrected chi connectivity index (χ1v) is 6.59. The molecule has 0 aromatic carbocycles. The Morgan fingerprint density at radius 1 is 1.12 bits per heavy atom. The second-order valence-corrected chi connectivity index (χ2v) is 4.88. The lowest BCUT2D eigenvalue weighted by Gasteiger charge is -2.11. The molecule has 0 aliphatic carbocycles. The molecule has 16 heavy (non-hydrogen) atoms. The Labute approximate surface area is 99.8 Å². The highest BCUT2D eigenvalue weighted by Crippen LogP contribution is 2.15. The molecule has 0 rings (SSSR count). The molecular formula is C14H26O2. The highest BCUT2D eigenvalue weighted by molar-refractivity contribution is 5.80. The van der Waals surface area contributed by atoms with Crippen LogP contribution in [-0.4, -0.2) is 12.1 Å². The molecule has 0 aromatic rings. The number of carbonyl (C=O) groups excluding carboxylic acids is 2. The van der Waals surface area contributed by atoms with Gasteiger partial charge < -0.3 is 4.79 Å². The highest BCUT2D eigenvalue weighted by atomic mass is 16.1. The van der Waals surface area contributed by atoms with Crippen molar-refractivity contribution in [3.05, 3.63) is 0 Å². The van der Waals surface area contributed by atoms with E-state index in [1.807, 2.05) is 13.8 Å². The van der Waals surface area contributed by atoms with Crippen molar-refractivity contribution in [3.63, 3.8) is 0 Å². The Balaban J connectivity index is 3.59. The van der Waals surface area contributed by atoms with Gasteiger partial charge in [0.25, 0.3) is 0 Å². The third-order valence-electron chi connectivity index (χ3n) is 3.03. The smallest absolute Gasteiger partial charge is 0.135 e. The van der Waals surface area contributed by atoms with Crippen LogP contribution in [0.15, 0.2) is 0 Å². The lowest BCUT2D eigenvalue weighted by atomic mass is 9.92. The number of hydrogen-bond acceptors (Lipinski definition) is 2. The molecule has 2 nitrogen and oxygen atoms in total. The molecule has 2 heteroatoms. The fourth-order valence-corrected chi connectivity index (χ4v) is 1.89. The first-order valence-electron chi connectivity index (χ1n) is 6.59. The second-order valence-electron chi connectivity index (χ2n) is 4.88. The number of rotatable bonds is 10. The van der Waals surface area contributed by atoms with Gasteiger partial charge in [0.05, 0.1) is 0 Å². The maximum Gasteiger partial charge on any atom is 0.135 e. The molecule has 0 bridgehead atoms. The maximum absolute atomic E-state index is 11.7. The van der Waals surface area contributed by atoms with Gasteiger partial charge in [-0.05, 0) is 12.8 Å². The van der Waals surface area contributed by atoms with Crippen LogP contribution in [0.4, 0.5) is 0 Å². The van der Waals surface area contributed by atoms with Crippen LogP contribution < -0.4 is 0 Å². The summed E-state index contributed by atoms with van der Waals surface area (Å²) in [6.45, 7) is 6.00. The van der Waals surface area contributed by atoms with Crippen LogP contribution in [0.2, 0.25) is 0 Å². The summed E-state index contributed by atoms with van der Waals surface area (Å²) in [5, 5.41) is 0. The van der Waals surface area contributed by atoms with Crippen LogP contribution in [0.25, 0.3) is 0 Å². The predicted molar refractivity (Wildman–Crippen MR) is 67.4 cm³/mol. The van der Waals surface area contributed by atoms with Crippen LogP contribution in [0, 0.1) is 11.8 Å². The molecule has 0 amide bonds. The molecule has 0 aliphatic rings. The predicted octanol–water partition coefficient (Wildman–Crippen LogP) is 3.78. The van der Waals surface area contributed by atoms with Crippen LogP contribution in [-0.2, 0) is 9.59 Å². The summed E-state index contributed by atoms with van der Waals surface area (Å²) in [5.41, 5.74) is 0. The SMILES string of the molecule is CCCCCCCC(=O)C(C)CC(C)C=O. The Morgan fingerprint density at radius 2 is 1.75 bits per heavy atom. The van der Waals surface area contributed by atoms with Gasteiger partial charge in [-0.1, -0.05) is 46.5 Å². The molecule has 0 aromatic heterocycles. The van der Waals surface area contributed by atoms with Crippen LogP contribution in [0.3, 0.4) is 0 Å². The summed E-state index contributed by atoms with van der Waals surface area (Å²) in [6.07, 6.45) is 8.25. The zero-order valence-corrected chi connectivity index (χ0v) is 11.0. The monoisotopic (exact) mass is 226 g/mol.